The van der Waals surface area contributed by atoms with E-state index in [9.17, 15) is 14.9 Å². The van der Waals surface area contributed by atoms with Crippen LogP contribution in [0, 0.1) is 16.0 Å². The molecule has 1 aromatic rings. The summed E-state index contributed by atoms with van der Waals surface area (Å²) >= 11 is 5.78. The maximum Gasteiger partial charge on any atom is 0.271 e. The van der Waals surface area contributed by atoms with Crippen molar-refractivity contribution < 1.29 is 9.72 Å². The predicted octanol–water partition coefficient (Wildman–Crippen LogP) is 1.98. The SMILES string of the molecule is O=C(NCCC1CCNC1)c1cc(Cl)cc([N+](=O)[O-])c1. The third-order valence-corrected chi connectivity index (χ3v) is 3.57. The van der Waals surface area contributed by atoms with E-state index in [1.807, 2.05) is 0 Å². The Morgan fingerprint density at radius 1 is 1.50 bits per heavy atom. The second kappa shape index (κ2) is 6.67. The van der Waals surface area contributed by atoms with E-state index in [0.29, 0.717) is 12.5 Å². The number of halogens is 1. The van der Waals surface area contributed by atoms with Gasteiger partial charge in [0.05, 0.1) is 4.92 Å². The van der Waals surface area contributed by atoms with Crippen LogP contribution in [0.15, 0.2) is 18.2 Å². The van der Waals surface area contributed by atoms with Crippen LogP contribution in [0.1, 0.15) is 23.2 Å². The van der Waals surface area contributed by atoms with Crippen LogP contribution in [-0.4, -0.2) is 30.5 Å². The average molecular weight is 298 g/mol. The van der Waals surface area contributed by atoms with Crippen molar-refractivity contribution in [2.45, 2.75) is 12.8 Å². The van der Waals surface area contributed by atoms with Gasteiger partial charge in [0.2, 0.25) is 0 Å². The van der Waals surface area contributed by atoms with E-state index in [-0.39, 0.29) is 22.2 Å². The number of hydrogen-bond donors (Lipinski definition) is 2. The highest BCUT2D eigenvalue weighted by molar-refractivity contribution is 6.31. The smallest absolute Gasteiger partial charge is 0.271 e. The Balaban J connectivity index is 1.92. The molecule has 2 N–H and O–H groups in total. The van der Waals surface area contributed by atoms with E-state index in [2.05, 4.69) is 10.6 Å². The minimum atomic E-state index is -0.563. The summed E-state index contributed by atoms with van der Waals surface area (Å²) in [7, 11) is 0. The van der Waals surface area contributed by atoms with Crippen LogP contribution in [0.25, 0.3) is 0 Å². The zero-order valence-electron chi connectivity index (χ0n) is 10.9. The number of carbonyl (C=O) groups is 1. The van der Waals surface area contributed by atoms with Crippen molar-refractivity contribution in [3.8, 4) is 0 Å². The lowest BCUT2D eigenvalue weighted by atomic mass is 10.1. The van der Waals surface area contributed by atoms with Crippen molar-refractivity contribution >= 4 is 23.2 Å². The molecule has 1 atom stereocenters. The van der Waals surface area contributed by atoms with Crippen LogP contribution in [0.2, 0.25) is 5.02 Å². The van der Waals surface area contributed by atoms with Gasteiger partial charge in [0.25, 0.3) is 11.6 Å². The number of nitrogens with one attached hydrogen (secondary N) is 2. The first-order valence-corrected chi connectivity index (χ1v) is 6.88. The molecule has 0 bridgehead atoms. The molecular formula is C13H16ClN3O3. The van der Waals surface area contributed by atoms with Gasteiger partial charge in [0.1, 0.15) is 0 Å². The molecule has 1 saturated heterocycles. The monoisotopic (exact) mass is 297 g/mol. The fraction of sp³-hybridized carbons (Fsp3) is 0.462. The molecule has 108 valence electrons. The zero-order valence-corrected chi connectivity index (χ0v) is 11.7. The fourth-order valence-corrected chi connectivity index (χ4v) is 2.49. The van der Waals surface area contributed by atoms with Crippen LogP contribution < -0.4 is 10.6 Å². The highest BCUT2D eigenvalue weighted by Crippen LogP contribution is 2.21. The first kappa shape index (κ1) is 14.7. The van der Waals surface area contributed by atoms with E-state index < -0.39 is 4.92 Å². The van der Waals surface area contributed by atoms with E-state index in [0.717, 1.165) is 25.9 Å². The van der Waals surface area contributed by atoms with Gasteiger partial charge in [-0.05, 0) is 37.9 Å². The number of benzene rings is 1. The van der Waals surface area contributed by atoms with Crippen LogP contribution in [0.5, 0.6) is 0 Å². The molecule has 0 aromatic heterocycles. The van der Waals surface area contributed by atoms with Gasteiger partial charge in [-0.2, -0.15) is 0 Å². The highest BCUT2D eigenvalue weighted by atomic mass is 35.5. The molecule has 2 rings (SSSR count). The number of amides is 1. The minimum Gasteiger partial charge on any atom is -0.352 e. The largest absolute Gasteiger partial charge is 0.352 e. The third-order valence-electron chi connectivity index (χ3n) is 3.36. The second-order valence-corrected chi connectivity index (χ2v) is 5.30. The van der Waals surface area contributed by atoms with Crippen LogP contribution in [-0.2, 0) is 0 Å². The number of carbonyl (C=O) groups excluding carboxylic acids is 1. The zero-order chi connectivity index (χ0) is 14.5. The van der Waals surface area contributed by atoms with Crippen molar-refractivity contribution in [1.82, 2.24) is 10.6 Å². The summed E-state index contributed by atoms with van der Waals surface area (Å²) in [6.45, 7) is 2.57. The normalized spacial score (nSPS) is 17.9. The number of non-ortho nitro benzene ring substituents is 1. The Hall–Kier alpha value is -1.66. The predicted molar refractivity (Wildman–Crippen MR) is 76.0 cm³/mol. The molecule has 1 heterocycles. The van der Waals surface area contributed by atoms with Gasteiger partial charge in [0, 0.05) is 29.3 Å². The van der Waals surface area contributed by atoms with Crippen molar-refractivity contribution in [2.24, 2.45) is 5.92 Å². The molecule has 1 aromatic carbocycles. The molecule has 0 spiro atoms. The molecule has 7 heteroatoms. The lowest BCUT2D eigenvalue weighted by Gasteiger charge is -2.09. The molecule has 1 amide bonds. The van der Waals surface area contributed by atoms with E-state index in [1.165, 1.54) is 18.2 Å². The quantitative estimate of drug-likeness (QED) is 0.643. The maximum absolute atomic E-state index is 11.9. The molecule has 1 aliphatic rings. The lowest BCUT2D eigenvalue weighted by molar-refractivity contribution is -0.384. The second-order valence-electron chi connectivity index (χ2n) is 4.86. The Labute approximate surface area is 121 Å². The topological polar surface area (TPSA) is 84.3 Å². The van der Waals surface area contributed by atoms with Gasteiger partial charge in [-0.1, -0.05) is 11.6 Å². The summed E-state index contributed by atoms with van der Waals surface area (Å²) in [4.78, 5) is 22.1. The number of nitro benzene ring substituents is 1. The van der Waals surface area contributed by atoms with E-state index >= 15 is 0 Å². The number of hydrogen-bond acceptors (Lipinski definition) is 4. The first-order chi connectivity index (χ1) is 9.56. The average Bonchev–Trinajstić information content (AvgIpc) is 2.91. The Bertz CT molecular complexity index is 516. The summed E-state index contributed by atoms with van der Waals surface area (Å²) in [5.74, 6) is 0.255. The maximum atomic E-state index is 11.9. The molecule has 0 aliphatic carbocycles. The molecule has 0 saturated carbocycles. The molecule has 0 radical (unpaired) electrons. The van der Waals surface area contributed by atoms with Crippen LogP contribution >= 0.6 is 11.6 Å². The first-order valence-electron chi connectivity index (χ1n) is 6.50. The van der Waals surface area contributed by atoms with Crippen LogP contribution in [0.3, 0.4) is 0 Å². The number of nitro groups is 1. The highest BCUT2D eigenvalue weighted by Gasteiger charge is 2.16. The standard InChI is InChI=1S/C13H16ClN3O3/c14-11-5-10(6-12(7-11)17(19)20)13(18)16-4-2-9-1-3-15-8-9/h5-7,9,15H,1-4,8H2,(H,16,18). The molecule has 1 unspecified atom stereocenters. The van der Waals surface area contributed by atoms with Gasteiger partial charge in [-0.25, -0.2) is 0 Å². The van der Waals surface area contributed by atoms with Crippen molar-refractivity contribution in [1.29, 1.82) is 0 Å². The summed E-state index contributed by atoms with van der Waals surface area (Å²) in [5.41, 5.74) is 0.0383. The number of rotatable bonds is 5. The van der Waals surface area contributed by atoms with Crippen molar-refractivity contribution in [3.63, 3.8) is 0 Å². The van der Waals surface area contributed by atoms with Gasteiger partial charge >= 0.3 is 0 Å². The molecule has 20 heavy (non-hydrogen) atoms. The summed E-state index contributed by atoms with van der Waals surface area (Å²) in [6.07, 6.45) is 2.03. The van der Waals surface area contributed by atoms with Gasteiger partial charge in [-0.3, -0.25) is 14.9 Å². The summed E-state index contributed by atoms with van der Waals surface area (Å²) in [6, 6.07) is 3.89. The van der Waals surface area contributed by atoms with Crippen molar-refractivity contribution in [3.05, 3.63) is 38.9 Å². The lowest BCUT2D eigenvalue weighted by Crippen LogP contribution is -2.26. The van der Waals surface area contributed by atoms with Crippen LogP contribution in [0.4, 0.5) is 5.69 Å². The third kappa shape index (κ3) is 3.91. The molecule has 6 nitrogen and oxygen atoms in total. The Morgan fingerprint density at radius 2 is 2.30 bits per heavy atom. The van der Waals surface area contributed by atoms with Crippen molar-refractivity contribution in [2.75, 3.05) is 19.6 Å². The van der Waals surface area contributed by atoms with Gasteiger partial charge in [-0.15, -0.1) is 0 Å². The summed E-state index contributed by atoms with van der Waals surface area (Å²) < 4.78 is 0. The Kier molecular flexibility index (Phi) is 4.92. The minimum absolute atomic E-state index is 0.178. The van der Waals surface area contributed by atoms with E-state index in [4.69, 9.17) is 11.6 Å². The number of nitrogens with zero attached hydrogens (tertiary/aromatic N) is 1. The summed E-state index contributed by atoms with van der Waals surface area (Å²) in [5, 5.41) is 16.9. The van der Waals surface area contributed by atoms with Gasteiger partial charge in [0.15, 0.2) is 0 Å². The Morgan fingerprint density at radius 3 is 2.95 bits per heavy atom. The molecule has 1 fully saturated rings. The van der Waals surface area contributed by atoms with Gasteiger partial charge < -0.3 is 10.6 Å². The van der Waals surface area contributed by atoms with E-state index in [1.54, 1.807) is 0 Å². The molecular weight excluding hydrogens is 282 g/mol. The fourth-order valence-electron chi connectivity index (χ4n) is 2.26. The molecule has 1 aliphatic heterocycles.